The van der Waals surface area contributed by atoms with Crippen LogP contribution in [-0.2, 0) is 9.53 Å². The molecule has 2 atom stereocenters. The van der Waals surface area contributed by atoms with Crippen molar-refractivity contribution in [3.8, 4) is 0 Å². The number of carbonyl (C=O) groups is 1. The highest BCUT2D eigenvalue weighted by Gasteiger charge is 2.38. The summed E-state index contributed by atoms with van der Waals surface area (Å²) >= 11 is 0. The Balaban J connectivity index is 2.80. The first-order chi connectivity index (χ1) is 5.57. The number of aliphatic hydroxyl groups is 4. The fourth-order valence-electron chi connectivity index (χ4n) is 0.823. The van der Waals surface area contributed by atoms with Gasteiger partial charge in [-0.1, -0.05) is 0 Å². The van der Waals surface area contributed by atoms with Gasteiger partial charge in [0.15, 0.2) is 11.9 Å². The highest BCUT2D eigenvalue weighted by atomic mass is 16.6. The molecule has 4 N–H and O–H groups in total. The van der Waals surface area contributed by atoms with Crippen molar-refractivity contribution >= 4 is 5.97 Å². The van der Waals surface area contributed by atoms with Crippen LogP contribution in [-0.4, -0.2) is 45.2 Å². The fraction of sp³-hybridized carbons (Fsp3) is 0.500. The van der Waals surface area contributed by atoms with E-state index in [9.17, 15) is 4.79 Å². The van der Waals surface area contributed by atoms with Crippen LogP contribution in [0, 0.1) is 0 Å². The number of ether oxygens (including phenoxy) is 1. The molecule has 0 bridgehead atoms. The van der Waals surface area contributed by atoms with E-state index in [-0.39, 0.29) is 0 Å². The van der Waals surface area contributed by atoms with Crippen LogP contribution in [0.3, 0.4) is 0 Å². The van der Waals surface area contributed by atoms with Gasteiger partial charge in [0.2, 0.25) is 5.76 Å². The van der Waals surface area contributed by atoms with Gasteiger partial charge in [-0.25, -0.2) is 4.79 Å². The van der Waals surface area contributed by atoms with Gasteiger partial charge in [-0.05, 0) is 0 Å². The molecule has 68 valence electrons. The van der Waals surface area contributed by atoms with Gasteiger partial charge in [0.1, 0.15) is 6.10 Å². The molecule has 1 aliphatic rings. The van der Waals surface area contributed by atoms with E-state index in [1.165, 1.54) is 0 Å². The summed E-state index contributed by atoms with van der Waals surface area (Å²) in [5.41, 5.74) is 0. The number of esters is 1. The maximum absolute atomic E-state index is 10.5. The molecule has 0 saturated carbocycles. The Kier molecular flexibility index (Phi) is 2.20. The lowest BCUT2D eigenvalue weighted by Gasteiger charge is -2.13. The lowest BCUT2D eigenvalue weighted by Crippen LogP contribution is -2.31. The van der Waals surface area contributed by atoms with Crippen LogP contribution in [0.25, 0.3) is 0 Å². The number of aliphatic hydroxyl groups excluding tert-OH is 4. The van der Waals surface area contributed by atoms with Crippen molar-refractivity contribution in [2.24, 2.45) is 0 Å². The number of hydrogen-bond acceptors (Lipinski definition) is 6. The first-order valence-corrected chi connectivity index (χ1v) is 3.20. The molecule has 0 fully saturated rings. The molecule has 0 radical (unpaired) electrons. The molecule has 0 saturated heterocycles. The van der Waals surface area contributed by atoms with Crippen molar-refractivity contribution in [2.45, 2.75) is 12.2 Å². The average molecular weight is 176 g/mol. The lowest BCUT2D eigenvalue weighted by molar-refractivity contribution is -0.147. The van der Waals surface area contributed by atoms with E-state index in [0.717, 1.165) is 0 Å². The third-order valence-electron chi connectivity index (χ3n) is 1.48. The van der Waals surface area contributed by atoms with Crippen LogP contribution in [0.4, 0.5) is 0 Å². The molecular formula is C6H8O6. The van der Waals surface area contributed by atoms with Crippen molar-refractivity contribution in [1.82, 2.24) is 0 Å². The summed E-state index contributed by atoms with van der Waals surface area (Å²) in [6.07, 6.45) is -2.78. The Bertz CT molecular complexity index is 232. The zero-order valence-electron chi connectivity index (χ0n) is 5.97. The van der Waals surface area contributed by atoms with Gasteiger partial charge in [-0.3, -0.25) is 0 Å². The van der Waals surface area contributed by atoms with Crippen LogP contribution < -0.4 is 0 Å². The van der Waals surface area contributed by atoms with Crippen LogP contribution >= 0.6 is 0 Å². The first-order valence-electron chi connectivity index (χ1n) is 3.20. The molecule has 6 nitrogen and oxygen atoms in total. The maximum Gasteiger partial charge on any atom is 0.377 e. The van der Waals surface area contributed by atoms with Crippen LogP contribution in [0.5, 0.6) is 0 Å². The summed E-state index contributed by atoms with van der Waals surface area (Å²) in [5, 5.41) is 35.0. The molecule has 1 rings (SSSR count). The van der Waals surface area contributed by atoms with E-state index in [0.29, 0.717) is 0 Å². The summed E-state index contributed by atoms with van der Waals surface area (Å²) in [4.78, 5) is 10.5. The minimum atomic E-state index is -1.42. The third-order valence-corrected chi connectivity index (χ3v) is 1.48. The molecule has 12 heavy (non-hydrogen) atoms. The molecule has 0 aromatic heterocycles. The number of rotatable bonds is 2. The summed E-state index contributed by atoms with van der Waals surface area (Å²) < 4.78 is 4.32. The maximum atomic E-state index is 10.5. The summed E-state index contributed by atoms with van der Waals surface area (Å²) in [5.74, 6) is -2.78. The second-order valence-corrected chi connectivity index (χ2v) is 2.31. The second kappa shape index (κ2) is 3.00. The van der Waals surface area contributed by atoms with Crippen LogP contribution in [0.15, 0.2) is 11.5 Å². The zero-order valence-corrected chi connectivity index (χ0v) is 5.97. The highest BCUT2D eigenvalue weighted by Crippen LogP contribution is 2.20. The Hall–Kier alpha value is -1.27. The van der Waals surface area contributed by atoms with Crippen molar-refractivity contribution in [1.29, 1.82) is 0 Å². The fourth-order valence-corrected chi connectivity index (χ4v) is 0.823. The van der Waals surface area contributed by atoms with Crippen LogP contribution in [0.2, 0.25) is 0 Å². The van der Waals surface area contributed by atoms with Crippen LogP contribution in [0.1, 0.15) is 0 Å². The smallest absolute Gasteiger partial charge is 0.377 e. The number of carbonyl (C=O) groups excluding carboxylic acids is 1. The van der Waals surface area contributed by atoms with Gasteiger partial charge in [0, 0.05) is 0 Å². The topological polar surface area (TPSA) is 107 Å². The predicted octanol–water partition coefficient (Wildman–Crippen LogP) is -1.41. The van der Waals surface area contributed by atoms with Gasteiger partial charge in [-0.15, -0.1) is 0 Å². The minimum Gasteiger partial charge on any atom is -0.505 e. The SMILES string of the molecule is O=C1O[C@H](C(O)CO)C(O)=C1O. The van der Waals surface area contributed by atoms with E-state index < -0.39 is 36.3 Å². The second-order valence-electron chi connectivity index (χ2n) is 2.31. The van der Waals surface area contributed by atoms with Gasteiger partial charge in [0.25, 0.3) is 0 Å². The standard InChI is InChI=1S/C6H8O6/c7-1-2(8)5-3(9)4(10)6(11)12-5/h2,5,7-10H,1H2/t2?,5-/m1/s1. The monoisotopic (exact) mass is 176 g/mol. The first kappa shape index (κ1) is 8.82. The Morgan fingerprint density at radius 3 is 2.42 bits per heavy atom. The van der Waals surface area contributed by atoms with E-state index in [4.69, 9.17) is 20.4 Å². The third kappa shape index (κ3) is 1.21. The Labute approximate surface area is 67.3 Å². The number of hydrogen-bond donors (Lipinski definition) is 4. The molecule has 1 aliphatic heterocycles. The molecule has 1 heterocycles. The lowest BCUT2D eigenvalue weighted by atomic mass is 10.2. The minimum absolute atomic E-state index is 0.671. The molecule has 0 amide bonds. The van der Waals surface area contributed by atoms with Gasteiger partial charge < -0.3 is 25.2 Å². The molecule has 0 aliphatic carbocycles. The van der Waals surface area contributed by atoms with Crippen molar-refractivity contribution in [3.63, 3.8) is 0 Å². The van der Waals surface area contributed by atoms with Gasteiger partial charge >= 0.3 is 5.97 Å². The molecule has 6 heteroatoms. The van der Waals surface area contributed by atoms with Crippen molar-refractivity contribution in [2.75, 3.05) is 6.61 Å². The normalized spacial score (nSPS) is 25.8. The quantitative estimate of drug-likeness (QED) is 0.385. The molecule has 1 unspecified atom stereocenters. The van der Waals surface area contributed by atoms with Crippen molar-refractivity contribution in [3.05, 3.63) is 11.5 Å². The predicted molar refractivity (Wildman–Crippen MR) is 35.3 cm³/mol. The van der Waals surface area contributed by atoms with E-state index >= 15 is 0 Å². The molecule has 0 aromatic carbocycles. The number of cyclic esters (lactones) is 1. The summed E-state index contributed by atoms with van der Waals surface area (Å²) in [6, 6.07) is 0. The highest BCUT2D eigenvalue weighted by molar-refractivity contribution is 5.89. The Morgan fingerprint density at radius 1 is 1.50 bits per heavy atom. The zero-order chi connectivity index (χ0) is 9.30. The molecular weight excluding hydrogens is 168 g/mol. The van der Waals surface area contributed by atoms with Gasteiger partial charge in [0.05, 0.1) is 6.61 Å². The summed E-state index contributed by atoms with van der Waals surface area (Å²) in [6.45, 7) is -0.671. The summed E-state index contributed by atoms with van der Waals surface area (Å²) in [7, 11) is 0. The Morgan fingerprint density at radius 2 is 2.08 bits per heavy atom. The van der Waals surface area contributed by atoms with E-state index in [1.807, 2.05) is 0 Å². The van der Waals surface area contributed by atoms with Gasteiger partial charge in [-0.2, -0.15) is 0 Å². The van der Waals surface area contributed by atoms with Crippen molar-refractivity contribution < 1.29 is 30.0 Å². The average Bonchev–Trinajstić information content (AvgIpc) is 2.32. The van der Waals surface area contributed by atoms with E-state index in [1.54, 1.807) is 0 Å². The largest absolute Gasteiger partial charge is 0.505 e. The molecule has 0 aromatic rings. The van der Waals surface area contributed by atoms with E-state index in [2.05, 4.69) is 4.74 Å². The molecule has 0 spiro atoms.